The van der Waals surface area contributed by atoms with E-state index in [0.717, 1.165) is 12.0 Å². The third-order valence-corrected chi connectivity index (χ3v) is 4.09. The van der Waals surface area contributed by atoms with Crippen LogP contribution in [-0.4, -0.2) is 0 Å². The van der Waals surface area contributed by atoms with Crippen molar-refractivity contribution >= 4 is 11.6 Å². The van der Waals surface area contributed by atoms with Gasteiger partial charge in [-0.2, -0.15) is 0 Å². The maximum Gasteiger partial charge on any atom is -0.0185 e. The van der Waals surface area contributed by atoms with Crippen LogP contribution in [0.2, 0.25) is 0 Å². The van der Waals surface area contributed by atoms with Gasteiger partial charge in [-0.1, -0.05) is 80.1 Å². The molecule has 0 aliphatic rings. The Bertz CT molecular complexity index is 709. The Kier molecular flexibility index (Phi) is 5.60. The predicted molar refractivity (Wildman–Crippen MR) is 104 cm³/mol. The van der Waals surface area contributed by atoms with Crippen molar-refractivity contribution in [3.8, 4) is 0 Å². The second kappa shape index (κ2) is 7.46. The summed E-state index contributed by atoms with van der Waals surface area (Å²) in [6.07, 6.45) is 5.49. The summed E-state index contributed by atoms with van der Waals surface area (Å²) in [7, 11) is 0. The summed E-state index contributed by atoms with van der Waals surface area (Å²) in [4.78, 5) is 0. The predicted octanol–water partition coefficient (Wildman–Crippen LogP) is 6.54. The van der Waals surface area contributed by atoms with Crippen LogP contribution in [-0.2, 0) is 6.42 Å². The Morgan fingerprint density at radius 1 is 1.04 bits per heavy atom. The smallest absolute Gasteiger partial charge is 0.0185 e. The van der Waals surface area contributed by atoms with Gasteiger partial charge in [-0.15, -0.1) is 0 Å². The number of aryl methyl sites for hydroxylation is 3. The summed E-state index contributed by atoms with van der Waals surface area (Å²) in [5, 5.41) is 0. The maximum absolute atomic E-state index is 4.26. The normalized spacial score (nSPS) is 11.4. The first-order valence-electron chi connectivity index (χ1n) is 8.41. The molecule has 2 aromatic carbocycles. The highest BCUT2D eigenvalue weighted by Gasteiger charge is 2.05. The molecule has 0 saturated heterocycles. The lowest BCUT2D eigenvalue weighted by molar-refractivity contribution is 0.646. The van der Waals surface area contributed by atoms with E-state index >= 15 is 0 Å². The molecule has 23 heavy (non-hydrogen) atoms. The van der Waals surface area contributed by atoms with Crippen LogP contribution in [0.3, 0.4) is 0 Å². The highest BCUT2D eigenvalue weighted by Crippen LogP contribution is 2.23. The number of hydrogen-bond donors (Lipinski definition) is 0. The van der Waals surface area contributed by atoms with Crippen LogP contribution < -0.4 is 0 Å². The van der Waals surface area contributed by atoms with E-state index in [1.54, 1.807) is 0 Å². The molecular formula is C23H28. The molecule has 0 saturated carbocycles. The SMILES string of the molecule is C=C(C=Cc1c(C)cccc1CC(C)C)c1cc(C)cc(C)c1. The molecule has 0 nitrogen and oxygen atoms in total. The summed E-state index contributed by atoms with van der Waals surface area (Å²) in [6.45, 7) is 15.2. The zero-order chi connectivity index (χ0) is 17.0. The summed E-state index contributed by atoms with van der Waals surface area (Å²) >= 11 is 0. The van der Waals surface area contributed by atoms with E-state index in [0.29, 0.717) is 5.92 Å². The fourth-order valence-corrected chi connectivity index (χ4v) is 3.04. The van der Waals surface area contributed by atoms with Crippen LogP contribution in [0.1, 0.15) is 47.2 Å². The van der Waals surface area contributed by atoms with Crippen LogP contribution >= 0.6 is 0 Å². The van der Waals surface area contributed by atoms with Gasteiger partial charge in [-0.25, -0.2) is 0 Å². The fraction of sp³-hybridized carbons (Fsp3) is 0.304. The number of allylic oxidation sites excluding steroid dienone is 2. The zero-order valence-corrected chi connectivity index (χ0v) is 15.1. The van der Waals surface area contributed by atoms with Crippen LogP contribution in [0.4, 0.5) is 0 Å². The quantitative estimate of drug-likeness (QED) is 0.550. The average molecular weight is 304 g/mol. The highest BCUT2D eigenvalue weighted by molar-refractivity contribution is 5.78. The molecule has 0 heterocycles. The minimum absolute atomic E-state index is 0.659. The van der Waals surface area contributed by atoms with Gasteiger partial charge in [0, 0.05) is 0 Å². The summed E-state index contributed by atoms with van der Waals surface area (Å²) < 4.78 is 0. The van der Waals surface area contributed by atoms with Gasteiger partial charge in [-0.3, -0.25) is 0 Å². The van der Waals surface area contributed by atoms with Crippen molar-refractivity contribution in [2.75, 3.05) is 0 Å². The van der Waals surface area contributed by atoms with E-state index in [-0.39, 0.29) is 0 Å². The number of hydrogen-bond acceptors (Lipinski definition) is 0. The Labute approximate surface area is 141 Å². The van der Waals surface area contributed by atoms with Gasteiger partial charge < -0.3 is 0 Å². The second-order valence-electron chi connectivity index (χ2n) is 6.98. The molecule has 0 bridgehead atoms. The molecule has 0 spiro atoms. The standard InChI is InChI=1S/C23H28/c1-16(2)12-21-9-7-8-20(6)23(21)11-10-19(5)22-14-17(3)13-18(4)15-22/h7-11,13-16H,5,12H2,1-4,6H3. The van der Waals surface area contributed by atoms with Gasteiger partial charge in [0.25, 0.3) is 0 Å². The fourth-order valence-electron chi connectivity index (χ4n) is 3.04. The highest BCUT2D eigenvalue weighted by atomic mass is 14.1. The Balaban J connectivity index is 2.31. The molecule has 120 valence electrons. The van der Waals surface area contributed by atoms with Crippen molar-refractivity contribution < 1.29 is 0 Å². The molecule has 0 heteroatoms. The summed E-state index contributed by atoms with van der Waals surface area (Å²) in [5.74, 6) is 0.659. The van der Waals surface area contributed by atoms with E-state index in [9.17, 15) is 0 Å². The molecule has 0 unspecified atom stereocenters. The average Bonchev–Trinajstić information content (AvgIpc) is 2.44. The lowest BCUT2D eigenvalue weighted by Gasteiger charge is -2.12. The lowest BCUT2D eigenvalue weighted by atomic mass is 9.93. The largest absolute Gasteiger partial charge is 0.0912 e. The van der Waals surface area contributed by atoms with E-state index in [4.69, 9.17) is 0 Å². The number of benzene rings is 2. The van der Waals surface area contributed by atoms with Crippen molar-refractivity contribution in [3.63, 3.8) is 0 Å². The molecule has 0 aliphatic carbocycles. The van der Waals surface area contributed by atoms with E-state index in [2.05, 4.69) is 89.7 Å². The molecule has 2 aromatic rings. The van der Waals surface area contributed by atoms with Crippen molar-refractivity contribution in [2.24, 2.45) is 5.92 Å². The van der Waals surface area contributed by atoms with Crippen molar-refractivity contribution in [1.82, 2.24) is 0 Å². The van der Waals surface area contributed by atoms with Crippen LogP contribution in [0.25, 0.3) is 11.6 Å². The van der Waals surface area contributed by atoms with E-state index < -0.39 is 0 Å². The molecule has 0 amide bonds. The Hall–Kier alpha value is -2.08. The van der Waals surface area contributed by atoms with Crippen molar-refractivity contribution in [1.29, 1.82) is 0 Å². The molecule has 0 fully saturated rings. The molecule has 2 rings (SSSR count). The third-order valence-electron chi connectivity index (χ3n) is 4.09. The lowest BCUT2D eigenvalue weighted by Crippen LogP contribution is -1.98. The molecule has 0 aliphatic heterocycles. The van der Waals surface area contributed by atoms with Crippen LogP contribution in [0, 0.1) is 26.7 Å². The van der Waals surface area contributed by atoms with Gasteiger partial charge in [0.1, 0.15) is 0 Å². The van der Waals surface area contributed by atoms with E-state index in [1.165, 1.54) is 33.4 Å². The van der Waals surface area contributed by atoms with Gasteiger partial charge in [-0.05, 0) is 60.9 Å². The van der Waals surface area contributed by atoms with Gasteiger partial charge >= 0.3 is 0 Å². The second-order valence-corrected chi connectivity index (χ2v) is 6.98. The topological polar surface area (TPSA) is 0 Å². The van der Waals surface area contributed by atoms with Crippen molar-refractivity contribution in [2.45, 2.75) is 41.0 Å². The summed E-state index contributed by atoms with van der Waals surface area (Å²) in [6, 6.07) is 13.2. The minimum Gasteiger partial charge on any atom is -0.0912 e. The van der Waals surface area contributed by atoms with Gasteiger partial charge in [0.2, 0.25) is 0 Å². The molecule has 0 N–H and O–H groups in total. The van der Waals surface area contributed by atoms with Crippen LogP contribution in [0.5, 0.6) is 0 Å². The Morgan fingerprint density at radius 2 is 1.70 bits per heavy atom. The van der Waals surface area contributed by atoms with Crippen LogP contribution in [0.15, 0.2) is 49.1 Å². The number of rotatable bonds is 5. The Morgan fingerprint density at radius 3 is 2.30 bits per heavy atom. The molecular weight excluding hydrogens is 276 g/mol. The summed E-state index contributed by atoms with van der Waals surface area (Å²) in [5.41, 5.74) is 8.92. The first kappa shape index (κ1) is 17.3. The van der Waals surface area contributed by atoms with Gasteiger partial charge in [0.05, 0.1) is 0 Å². The zero-order valence-electron chi connectivity index (χ0n) is 15.1. The first-order valence-corrected chi connectivity index (χ1v) is 8.41. The molecule has 0 radical (unpaired) electrons. The van der Waals surface area contributed by atoms with Crippen molar-refractivity contribution in [3.05, 3.63) is 82.4 Å². The molecule has 0 aromatic heterocycles. The van der Waals surface area contributed by atoms with Gasteiger partial charge in [0.15, 0.2) is 0 Å². The maximum atomic E-state index is 4.26. The third kappa shape index (κ3) is 4.69. The minimum atomic E-state index is 0.659. The first-order chi connectivity index (χ1) is 10.9. The van der Waals surface area contributed by atoms with E-state index in [1.807, 2.05) is 0 Å². The monoisotopic (exact) mass is 304 g/mol. The molecule has 0 atom stereocenters.